The second kappa shape index (κ2) is 5.46. The number of guanidine groups is 1. The van der Waals surface area contributed by atoms with E-state index in [1.807, 2.05) is 0 Å². The number of aliphatic hydroxyl groups is 1. The van der Waals surface area contributed by atoms with Crippen molar-refractivity contribution in [2.75, 3.05) is 6.61 Å². The molecule has 4 aliphatic rings. The monoisotopic (exact) mass is 425 g/mol. The third-order valence-electron chi connectivity index (χ3n) is 4.06. The maximum atomic E-state index is 12.0. The molecule has 0 radical (unpaired) electrons. The third-order valence-corrected chi connectivity index (χ3v) is 5.66. The summed E-state index contributed by atoms with van der Waals surface area (Å²) >= 11 is 3.22. The van der Waals surface area contributed by atoms with Crippen molar-refractivity contribution in [2.45, 2.75) is 36.7 Å². The first-order valence-corrected chi connectivity index (χ1v) is 9.21. The fourth-order valence-corrected chi connectivity index (χ4v) is 4.63. The van der Waals surface area contributed by atoms with E-state index in [1.54, 1.807) is 0 Å². The van der Waals surface area contributed by atoms with Crippen LogP contribution < -0.4 is 11.1 Å². The Kier molecular flexibility index (Phi) is 3.73. The number of nitrogens with two attached hydrogens (primary N) is 1. The van der Waals surface area contributed by atoms with Crippen molar-refractivity contribution in [1.29, 1.82) is 0 Å². The van der Waals surface area contributed by atoms with Crippen molar-refractivity contribution in [2.24, 2.45) is 15.7 Å². The summed E-state index contributed by atoms with van der Waals surface area (Å²) in [6, 6.07) is -0.855. The standard InChI is InChI=1S/C10H13BrN5O7P/c11-9-13-3-6(14-10(12)15-7(3)18)16(9)8-4(17)5-2(22-8)1-21-24(19,20)23-5/h2-6,8,17H,1H2,(H,19,20)(H3,12,14,15,18)/t2-,3?,4-,5-,6?,8+/m0/s1. The highest BCUT2D eigenvalue weighted by Crippen LogP contribution is 2.51. The van der Waals surface area contributed by atoms with Crippen molar-refractivity contribution in [3.63, 3.8) is 0 Å². The zero-order valence-corrected chi connectivity index (χ0v) is 14.3. The Labute approximate surface area is 143 Å². The van der Waals surface area contributed by atoms with Crippen molar-refractivity contribution < 1.29 is 33.1 Å². The number of phosphoric acid groups is 1. The SMILES string of the molecule is NC1=NC2C(N=C(Br)N2[C@@H]2O[C@H]3COP(=O)(O)O[C@@H]3[C@@H]2O)C(=O)N1. The summed E-state index contributed by atoms with van der Waals surface area (Å²) in [7, 11) is -4.23. The van der Waals surface area contributed by atoms with E-state index < -0.39 is 50.5 Å². The molecule has 7 atom stereocenters. The Morgan fingerprint density at radius 2 is 2.21 bits per heavy atom. The minimum atomic E-state index is -4.23. The predicted molar refractivity (Wildman–Crippen MR) is 80.9 cm³/mol. The minimum Gasteiger partial charge on any atom is -0.386 e. The number of nitrogens with zero attached hydrogens (tertiary/aromatic N) is 3. The van der Waals surface area contributed by atoms with E-state index in [0.29, 0.717) is 0 Å². The molecule has 0 saturated carbocycles. The number of phosphoric ester groups is 1. The number of carbonyl (C=O) groups is 1. The first-order valence-electron chi connectivity index (χ1n) is 6.92. The first-order chi connectivity index (χ1) is 11.3. The Morgan fingerprint density at radius 1 is 1.46 bits per heavy atom. The molecule has 4 heterocycles. The third kappa shape index (κ3) is 2.47. The highest BCUT2D eigenvalue weighted by atomic mass is 79.9. The Hall–Kier alpha value is -1.08. The Bertz CT molecular complexity index is 703. The summed E-state index contributed by atoms with van der Waals surface area (Å²) < 4.78 is 27.1. The maximum Gasteiger partial charge on any atom is 0.472 e. The number of carbonyl (C=O) groups excluding carboxylic acids is 1. The fourth-order valence-electron chi connectivity index (χ4n) is 3.03. The van der Waals surface area contributed by atoms with Crippen LogP contribution in [0.15, 0.2) is 9.98 Å². The van der Waals surface area contributed by atoms with Crippen LogP contribution in [-0.4, -0.2) is 74.9 Å². The zero-order chi connectivity index (χ0) is 17.2. The molecule has 2 fully saturated rings. The second-order valence-electron chi connectivity index (χ2n) is 5.56. The quantitative estimate of drug-likeness (QED) is 0.268. The lowest BCUT2D eigenvalue weighted by atomic mass is 10.1. The number of aliphatic imine (C=N–C) groups is 2. The average Bonchev–Trinajstić information content (AvgIpc) is 2.96. The summed E-state index contributed by atoms with van der Waals surface area (Å²) in [4.78, 5) is 31.1. The van der Waals surface area contributed by atoms with E-state index in [4.69, 9.17) is 15.0 Å². The van der Waals surface area contributed by atoms with Gasteiger partial charge in [-0.3, -0.25) is 24.1 Å². The number of amides is 1. The lowest BCUT2D eigenvalue weighted by Crippen LogP contribution is -2.57. The molecule has 0 spiro atoms. The fraction of sp³-hybridized carbons (Fsp3) is 0.700. The minimum absolute atomic E-state index is 0.0759. The van der Waals surface area contributed by atoms with Crippen LogP contribution in [0.1, 0.15) is 0 Å². The molecule has 4 rings (SSSR count). The van der Waals surface area contributed by atoms with Gasteiger partial charge in [-0.25, -0.2) is 14.5 Å². The topological polar surface area (TPSA) is 168 Å². The Balaban J connectivity index is 1.62. The van der Waals surface area contributed by atoms with Crippen molar-refractivity contribution in [3.05, 3.63) is 0 Å². The molecule has 132 valence electrons. The summed E-state index contributed by atoms with van der Waals surface area (Å²) in [5.74, 6) is -0.510. The van der Waals surface area contributed by atoms with Gasteiger partial charge >= 0.3 is 7.82 Å². The lowest BCUT2D eigenvalue weighted by molar-refractivity contribution is -0.124. The Morgan fingerprint density at radius 3 is 2.96 bits per heavy atom. The largest absolute Gasteiger partial charge is 0.472 e. The van der Waals surface area contributed by atoms with Crippen molar-refractivity contribution in [1.82, 2.24) is 10.2 Å². The predicted octanol–water partition coefficient (Wildman–Crippen LogP) is -2.21. The molecule has 0 aromatic rings. The van der Waals surface area contributed by atoms with E-state index in [9.17, 15) is 19.4 Å². The molecular formula is C10H13BrN5O7P. The second-order valence-corrected chi connectivity index (χ2v) is 7.67. The molecule has 12 nitrogen and oxygen atoms in total. The van der Waals surface area contributed by atoms with Gasteiger partial charge < -0.3 is 20.5 Å². The van der Waals surface area contributed by atoms with E-state index in [0.717, 1.165) is 0 Å². The molecule has 0 bridgehead atoms. The van der Waals surface area contributed by atoms with Gasteiger partial charge in [0.25, 0.3) is 5.91 Å². The molecule has 1 amide bonds. The van der Waals surface area contributed by atoms with Crippen LogP contribution in [0.5, 0.6) is 0 Å². The number of aliphatic hydroxyl groups excluding tert-OH is 1. The average molecular weight is 426 g/mol. The molecule has 0 aliphatic carbocycles. The van der Waals surface area contributed by atoms with Crippen LogP contribution in [-0.2, 0) is 23.1 Å². The summed E-state index contributed by atoms with van der Waals surface area (Å²) in [5, 5.41) is 12.9. The van der Waals surface area contributed by atoms with Gasteiger partial charge in [-0.15, -0.1) is 0 Å². The number of fused-ring (bicyclic) bond motifs is 2. The van der Waals surface area contributed by atoms with Gasteiger partial charge in [-0.2, -0.15) is 0 Å². The van der Waals surface area contributed by atoms with Gasteiger partial charge in [0.1, 0.15) is 18.3 Å². The van der Waals surface area contributed by atoms with Gasteiger partial charge in [-0.05, 0) is 15.9 Å². The summed E-state index contributed by atoms with van der Waals surface area (Å²) in [6.07, 6.45) is -4.93. The van der Waals surface area contributed by atoms with Crippen molar-refractivity contribution >= 4 is 40.4 Å². The van der Waals surface area contributed by atoms with Crippen LogP contribution in [0, 0.1) is 0 Å². The molecule has 4 aliphatic heterocycles. The van der Waals surface area contributed by atoms with Crippen molar-refractivity contribution in [3.8, 4) is 0 Å². The zero-order valence-electron chi connectivity index (χ0n) is 11.9. The summed E-state index contributed by atoms with van der Waals surface area (Å²) in [6.45, 7) is -0.214. The van der Waals surface area contributed by atoms with E-state index >= 15 is 0 Å². The van der Waals surface area contributed by atoms with Crippen LogP contribution in [0.25, 0.3) is 0 Å². The lowest BCUT2D eigenvalue weighted by Gasteiger charge is -2.33. The van der Waals surface area contributed by atoms with Gasteiger partial charge in [0, 0.05) is 0 Å². The number of halogens is 1. The van der Waals surface area contributed by atoms with Gasteiger partial charge in [0.2, 0.25) is 0 Å². The number of nitrogens with one attached hydrogen (secondary N) is 1. The highest BCUT2D eigenvalue weighted by Gasteiger charge is 2.57. The van der Waals surface area contributed by atoms with E-state index in [2.05, 4.69) is 35.8 Å². The molecule has 0 aromatic heterocycles. The van der Waals surface area contributed by atoms with Gasteiger partial charge in [0.15, 0.2) is 29.1 Å². The smallest absolute Gasteiger partial charge is 0.386 e. The van der Waals surface area contributed by atoms with Gasteiger partial charge in [0.05, 0.1) is 6.61 Å². The van der Waals surface area contributed by atoms with Gasteiger partial charge in [-0.1, -0.05) is 0 Å². The first kappa shape index (κ1) is 16.4. The molecule has 0 aromatic carbocycles. The molecule has 24 heavy (non-hydrogen) atoms. The molecule has 5 N–H and O–H groups in total. The van der Waals surface area contributed by atoms with Crippen LogP contribution >= 0.6 is 23.8 Å². The molecular weight excluding hydrogens is 413 g/mol. The number of ether oxygens (including phenoxy) is 1. The number of hydrogen-bond donors (Lipinski definition) is 4. The normalized spacial score (nSPS) is 47.6. The van der Waals surface area contributed by atoms with E-state index in [1.165, 1.54) is 4.90 Å². The van der Waals surface area contributed by atoms with E-state index in [-0.39, 0.29) is 17.3 Å². The van der Waals surface area contributed by atoms with Crippen LogP contribution in [0.2, 0.25) is 0 Å². The molecule has 3 unspecified atom stereocenters. The van der Waals surface area contributed by atoms with Crippen LogP contribution in [0.3, 0.4) is 0 Å². The number of amidine groups is 1. The van der Waals surface area contributed by atoms with Crippen LogP contribution in [0.4, 0.5) is 0 Å². The molecule has 14 heteroatoms. The maximum absolute atomic E-state index is 12.0. The molecule has 2 saturated heterocycles. The number of rotatable bonds is 1. The number of hydrogen-bond acceptors (Lipinski definition) is 10. The summed E-state index contributed by atoms with van der Waals surface area (Å²) in [5.41, 5.74) is 5.58. The highest BCUT2D eigenvalue weighted by molar-refractivity contribution is 9.18.